The summed E-state index contributed by atoms with van der Waals surface area (Å²) in [6.45, 7) is 4.87. The molecule has 0 saturated carbocycles. The SMILES string of the molecule is CCOCCCNC(=NCC(=O)N(C)C)N(C)Cc1cc(Cl)cn1C.I. The maximum absolute atomic E-state index is 11.8. The third-order valence-electron chi connectivity index (χ3n) is 3.65. The lowest BCUT2D eigenvalue weighted by atomic mass is 10.4. The maximum Gasteiger partial charge on any atom is 0.243 e. The number of carbonyl (C=O) groups is 1. The standard InChI is InChI=1S/C17H30ClN5O2.HI/c1-6-25-9-7-8-19-17(20-11-16(24)21(2)3)23(5)13-15-10-14(18)12-22(15)4;/h10,12H,6-9,11,13H2,1-5H3,(H,19,20);1H. The van der Waals surface area contributed by atoms with Crippen molar-refractivity contribution < 1.29 is 9.53 Å². The zero-order valence-electron chi connectivity index (χ0n) is 16.3. The molecule has 7 nitrogen and oxygen atoms in total. The molecule has 0 aliphatic heterocycles. The fourth-order valence-corrected chi connectivity index (χ4v) is 2.43. The Morgan fingerprint density at radius 3 is 2.62 bits per heavy atom. The second kappa shape index (κ2) is 13.2. The molecule has 0 atom stereocenters. The summed E-state index contributed by atoms with van der Waals surface area (Å²) in [5.74, 6) is 0.646. The first-order valence-electron chi connectivity index (χ1n) is 8.43. The molecule has 1 rings (SSSR count). The number of likely N-dealkylation sites (N-methyl/N-ethyl adjacent to an activating group) is 1. The van der Waals surface area contributed by atoms with Crippen LogP contribution in [0.4, 0.5) is 0 Å². The summed E-state index contributed by atoms with van der Waals surface area (Å²) in [6, 6.07) is 1.93. The fraction of sp³-hybridized carbons (Fsp3) is 0.647. The lowest BCUT2D eigenvalue weighted by Gasteiger charge is -2.23. The summed E-state index contributed by atoms with van der Waals surface area (Å²) in [5.41, 5.74) is 1.07. The molecule has 0 saturated heterocycles. The number of nitrogens with zero attached hydrogens (tertiary/aromatic N) is 4. The van der Waals surface area contributed by atoms with Gasteiger partial charge >= 0.3 is 0 Å². The summed E-state index contributed by atoms with van der Waals surface area (Å²) < 4.78 is 7.33. The highest BCUT2D eigenvalue weighted by atomic mass is 127. The van der Waals surface area contributed by atoms with E-state index in [1.807, 2.05) is 42.7 Å². The molecule has 1 aromatic heterocycles. The number of guanidine groups is 1. The van der Waals surface area contributed by atoms with Crippen molar-refractivity contribution in [3.8, 4) is 0 Å². The Hall–Kier alpha value is -1.000. The number of halogens is 2. The number of aromatic nitrogens is 1. The van der Waals surface area contributed by atoms with E-state index >= 15 is 0 Å². The lowest BCUT2D eigenvalue weighted by molar-refractivity contribution is -0.127. The van der Waals surface area contributed by atoms with Crippen molar-refractivity contribution >= 4 is 47.4 Å². The Balaban J connectivity index is 0.00000625. The summed E-state index contributed by atoms with van der Waals surface area (Å²) in [4.78, 5) is 19.8. The molecule has 0 radical (unpaired) electrons. The van der Waals surface area contributed by atoms with Gasteiger partial charge < -0.3 is 24.4 Å². The number of ether oxygens (including phenoxy) is 1. The molecule has 0 aromatic carbocycles. The summed E-state index contributed by atoms with van der Waals surface area (Å²) in [5, 5.41) is 4.01. The Kier molecular flexibility index (Phi) is 12.7. The Bertz CT molecular complexity index is 577. The molecule has 0 fully saturated rings. The molecule has 0 spiro atoms. The van der Waals surface area contributed by atoms with Crippen molar-refractivity contribution in [2.24, 2.45) is 12.0 Å². The van der Waals surface area contributed by atoms with Gasteiger partial charge in [0.1, 0.15) is 6.54 Å². The predicted molar refractivity (Wildman–Crippen MR) is 117 cm³/mol. The molecule has 1 N–H and O–H groups in total. The van der Waals surface area contributed by atoms with Gasteiger partial charge in [-0.25, -0.2) is 4.99 Å². The van der Waals surface area contributed by atoms with E-state index in [1.165, 1.54) is 4.90 Å². The zero-order valence-corrected chi connectivity index (χ0v) is 19.4. The van der Waals surface area contributed by atoms with Crippen LogP contribution in [0.15, 0.2) is 17.3 Å². The minimum Gasteiger partial charge on any atom is -0.382 e. The molecule has 150 valence electrons. The van der Waals surface area contributed by atoms with Crippen molar-refractivity contribution in [2.45, 2.75) is 19.9 Å². The smallest absolute Gasteiger partial charge is 0.243 e. The van der Waals surface area contributed by atoms with Crippen LogP contribution in [-0.2, 0) is 23.1 Å². The van der Waals surface area contributed by atoms with Crippen LogP contribution in [-0.4, -0.2) is 73.7 Å². The van der Waals surface area contributed by atoms with Crippen LogP contribution in [0.3, 0.4) is 0 Å². The van der Waals surface area contributed by atoms with Gasteiger partial charge in [-0.2, -0.15) is 0 Å². The van der Waals surface area contributed by atoms with E-state index < -0.39 is 0 Å². The predicted octanol–water partition coefficient (Wildman–Crippen LogP) is 2.19. The first kappa shape index (κ1) is 25.0. The van der Waals surface area contributed by atoms with E-state index in [1.54, 1.807) is 14.1 Å². The number of aliphatic imine (C=N–C) groups is 1. The lowest BCUT2D eigenvalue weighted by Crippen LogP contribution is -2.40. The number of aryl methyl sites for hydroxylation is 1. The Labute approximate surface area is 178 Å². The van der Waals surface area contributed by atoms with Crippen LogP contribution in [0.5, 0.6) is 0 Å². The molecule has 9 heteroatoms. The highest BCUT2D eigenvalue weighted by Gasteiger charge is 2.11. The van der Waals surface area contributed by atoms with Gasteiger partial charge in [-0.1, -0.05) is 11.6 Å². The third-order valence-corrected chi connectivity index (χ3v) is 3.86. The van der Waals surface area contributed by atoms with Crippen LogP contribution in [0.25, 0.3) is 0 Å². The van der Waals surface area contributed by atoms with Gasteiger partial charge in [0.15, 0.2) is 5.96 Å². The minimum absolute atomic E-state index is 0. The summed E-state index contributed by atoms with van der Waals surface area (Å²) in [6.07, 6.45) is 2.74. The second-order valence-electron chi connectivity index (χ2n) is 6.02. The van der Waals surface area contributed by atoms with Crippen LogP contribution < -0.4 is 5.32 Å². The van der Waals surface area contributed by atoms with E-state index in [0.29, 0.717) is 30.7 Å². The second-order valence-corrected chi connectivity index (χ2v) is 6.46. The van der Waals surface area contributed by atoms with Gasteiger partial charge in [0.2, 0.25) is 5.91 Å². The van der Waals surface area contributed by atoms with Crippen LogP contribution in [0.1, 0.15) is 19.0 Å². The third kappa shape index (κ3) is 9.09. The zero-order chi connectivity index (χ0) is 18.8. The number of carbonyl (C=O) groups excluding carboxylic acids is 1. The molecule has 26 heavy (non-hydrogen) atoms. The van der Waals surface area contributed by atoms with Crippen molar-refractivity contribution in [3.63, 3.8) is 0 Å². The molecule has 0 aliphatic carbocycles. The summed E-state index contributed by atoms with van der Waals surface area (Å²) in [7, 11) is 7.35. The van der Waals surface area contributed by atoms with Crippen LogP contribution in [0, 0.1) is 0 Å². The highest BCUT2D eigenvalue weighted by molar-refractivity contribution is 14.0. The summed E-state index contributed by atoms with van der Waals surface area (Å²) >= 11 is 6.05. The quantitative estimate of drug-likeness (QED) is 0.245. The van der Waals surface area contributed by atoms with Gasteiger partial charge in [-0.05, 0) is 19.4 Å². The van der Waals surface area contributed by atoms with Gasteiger partial charge in [-0.3, -0.25) is 4.79 Å². The van der Waals surface area contributed by atoms with Crippen molar-refractivity contribution in [3.05, 3.63) is 23.0 Å². The Morgan fingerprint density at radius 2 is 2.08 bits per heavy atom. The van der Waals surface area contributed by atoms with Crippen LogP contribution in [0.2, 0.25) is 5.02 Å². The first-order chi connectivity index (χ1) is 11.8. The van der Waals surface area contributed by atoms with Gasteiger partial charge in [0, 0.05) is 59.8 Å². The average molecular weight is 500 g/mol. The molecule has 0 unspecified atom stereocenters. The average Bonchev–Trinajstić information content (AvgIpc) is 2.86. The van der Waals surface area contributed by atoms with E-state index in [-0.39, 0.29) is 36.4 Å². The molecule has 1 heterocycles. The maximum atomic E-state index is 11.8. The number of nitrogens with one attached hydrogen (secondary N) is 1. The molecule has 0 bridgehead atoms. The fourth-order valence-electron chi connectivity index (χ4n) is 2.16. The molecular formula is C17H31ClIN5O2. The number of rotatable bonds is 9. The monoisotopic (exact) mass is 499 g/mol. The van der Waals surface area contributed by atoms with E-state index in [0.717, 1.165) is 18.7 Å². The van der Waals surface area contributed by atoms with Crippen LogP contribution >= 0.6 is 35.6 Å². The molecule has 0 aliphatic rings. The van der Waals surface area contributed by atoms with Gasteiger partial charge in [-0.15, -0.1) is 24.0 Å². The van der Waals surface area contributed by atoms with E-state index in [9.17, 15) is 4.79 Å². The van der Waals surface area contributed by atoms with Gasteiger partial charge in [0.05, 0.1) is 11.6 Å². The molecule has 1 aromatic rings. The van der Waals surface area contributed by atoms with E-state index in [2.05, 4.69) is 10.3 Å². The first-order valence-corrected chi connectivity index (χ1v) is 8.81. The minimum atomic E-state index is -0.0380. The normalized spacial score (nSPS) is 11.1. The van der Waals surface area contributed by atoms with Crippen molar-refractivity contribution in [1.29, 1.82) is 0 Å². The highest BCUT2D eigenvalue weighted by Crippen LogP contribution is 2.14. The number of amides is 1. The molecular weight excluding hydrogens is 469 g/mol. The van der Waals surface area contributed by atoms with E-state index in [4.69, 9.17) is 16.3 Å². The number of hydrogen-bond donors (Lipinski definition) is 1. The Morgan fingerprint density at radius 1 is 1.38 bits per heavy atom. The number of hydrogen-bond acceptors (Lipinski definition) is 3. The van der Waals surface area contributed by atoms with Crippen molar-refractivity contribution in [1.82, 2.24) is 19.7 Å². The van der Waals surface area contributed by atoms with Crippen molar-refractivity contribution in [2.75, 3.05) is 47.4 Å². The largest absolute Gasteiger partial charge is 0.382 e. The topological polar surface area (TPSA) is 62.1 Å². The van der Waals surface area contributed by atoms with Gasteiger partial charge in [0.25, 0.3) is 0 Å². The molecule has 1 amide bonds.